The van der Waals surface area contributed by atoms with E-state index in [1.807, 2.05) is 36.4 Å². The van der Waals surface area contributed by atoms with Gasteiger partial charge in [-0.1, -0.05) is 72.8 Å². The number of hydrogen-bond acceptors (Lipinski definition) is 1. The van der Waals surface area contributed by atoms with Crippen LogP contribution in [0.15, 0.2) is 84.9 Å². The zero-order valence-electron chi connectivity index (χ0n) is 13.1. The number of hydrogen-bond donors (Lipinski definition) is 1. The summed E-state index contributed by atoms with van der Waals surface area (Å²) >= 11 is 0. The van der Waals surface area contributed by atoms with E-state index in [1.165, 1.54) is 16.7 Å². The molecular formula is C21H19NO. The highest BCUT2D eigenvalue weighted by Gasteiger charge is 2.16. The smallest absolute Gasteiger partial charge is 0.251 e. The van der Waals surface area contributed by atoms with E-state index < -0.39 is 0 Å². The van der Waals surface area contributed by atoms with Crippen molar-refractivity contribution in [2.75, 3.05) is 7.05 Å². The summed E-state index contributed by atoms with van der Waals surface area (Å²) in [6.45, 7) is 0. The van der Waals surface area contributed by atoms with E-state index in [1.54, 1.807) is 7.05 Å². The van der Waals surface area contributed by atoms with Gasteiger partial charge in [0.05, 0.1) is 0 Å². The zero-order chi connectivity index (χ0) is 16.1. The second-order valence-corrected chi connectivity index (χ2v) is 5.46. The quantitative estimate of drug-likeness (QED) is 0.718. The molecule has 0 saturated carbocycles. The van der Waals surface area contributed by atoms with Gasteiger partial charge in [0.1, 0.15) is 0 Å². The van der Waals surface area contributed by atoms with E-state index in [0.29, 0.717) is 5.56 Å². The minimum absolute atomic E-state index is 0.0625. The zero-order valence-corrected chi connectivity index (χ0v) is 13.1. The van der Waals surface area contributed by atoms with Gasteiger partial charge >= 0.3 is 0 Å². The maximum atomic E-state index is 11.7. The van der Waals surface area contributed by atoms with Crippen molar-refractivity contribution in [1.82, 2.24) is 5.32 Å². The standard InChI is InChI=1S/C21H19NO/c1-22-21(23)19-14-12-18(13-15-19)20(16-8-4-2-5-9-16)17-10-6-3-7-11-17/h2-15,20H,1H3,(H,22,23). The van der Waals surface area contributed by atoms with E-state index >= 15 is 0 Å². The first kappa shape index (κ1) is 15.0. The lowest BCUT2D eigenvalue weighted by molar-refractivity contribution is 0.0963. The molecule has 0 bridgehead atoms. The Bertz CT molecular complexity index is 724. The molecule has 0 aromatic heterocycles. The number of amides is 1. The second-order valence-electron chi connectivity index (χ2n) is 5.46. The van der Waals surface area contributed by atoms with Crippen LogP contribution < -0.4 is 5.32 Å². The Labute approximate surface area is 136 Å². The van der Waals surface area contributed by atoms with Crippen LogP contribution in [0, 0.1) is 0 Å². The maximum absolute atomic E-state index is 11.7. The number of nitrogens with one attached hydrogen (secondary N) is 1. The highest BCUT2D eigenvalue weighted by Crippen LogP contribution is 2.31. The Morgan fingerprint density at radius 2 is 1.13 bits per heavy atom. The van der Waals surface area contributed by atoms with E-state index in [-0.39, 0.29) is 11.8 Å². The molecule has 0 atom stereocenters. The van der Waals surface area contributed by atoms with Crippen molar-refractivity contribution < 1.29 is 4.79 Å². The summed E-state index contributed by atoms with van der Waals surface area (Å²) in [5.74, 6) is 0.101. The molecule has 0 spiro atoms. The molecule has 0 radical (unpaired) electrons. The van der Waals surface area contributed by atoms with Crippen molar-refractivity contribution in [3.63, 3.8) is 0 Å². The van der Waals surface area contributed by atoms with Gasteiger partial charge in [0, 0.05) is 18.5 Å². The third kappa shape index (κ3) is 3.32. The minimum Gasteiger partial charge on any atom is -0.355 e. The van der Waals surface area contributed by atoms with Crippen LogP contribution in [0.25, 0.3) is 0 Å². The van der Waals surface area contributed by atoms with Crippen LogP contribution in [0.3, 0.4) is 0 Å². The van der Waals surface area contributed by atoms with Crippen LogP contribution in [0.4, 0.5) is 0 Å². The number of carbonyl (C=O) groups excluding carboxylic acids is 1. The molecule has 3 rings (SSSR count). The van der Waals surface area contributed by atoms with E-state index in [0.717, 1.165) is 0 Å². The molecule has 0 aliphatic carbocycles. The number of rotatable bonds is 4. The number of benzene rings is 3. The third-order valence-electron chi connectivity index (χ3n) is 4.00. The summed E-state index contributed by atoms with van der Waals surface area (Å²) < 4.78 is 0. The average molecular weight is 301 g/mol. The SMILES string of the molecule is CNC(=O)c1ccc(C(c2ccccc2)c2ccccc2)cc1. The molecule has 114 valence electrons. The molecule has 23 heavy (non-hydrogen) atoms. The molecule has 2 nitrogen and oxygen atoms in total. The Balaban J connectivity index is 2.04. The van der Waals surface area contributed by atoms with Crippen molar-refractivity contribution in [2.45, 2.75) is 5.92 Å². The molecule has 3 aromatic carbocycles. The van der Waals surface area contributed by atoms with Gasteiger partial charge < -0.3 is 5.32 Å². The fourth-order valence-electron chi connectivity index (χ4n) is 2.84. The van der Waals surface area contributed by atoms with Crippen LogP contribution in [0.1, 0.15) is 33.0 Å². The average Bonchev–Trinajstić information content (AvgIpc) is 2.64. The Kier molecular flexibility index (Phi) is 4.53. The molecule has 3 aromatic rings. The first-order chi connectivity index (χ1) is 11.3. The van der Waals surface area contributed by atoms with Crippen molar-refractivity contribution in [2.24, 2.45) is 0 Å². The van der Waals surface area contributed by atoms with E-state index in [2.05, 4.69) is 53.8 Å². The highest BCUT2D eigenvalue weighted by molar-refractivity contribution is 5.94. The first-order valence-electron chi connectivity index (χ1n) is 7.71. The molecule has 1 amide bonds. The summed E-state index contributed by atoms with van der Waals surface area (Å²) in [6, 6.07) is 28.7. The van der Waals surface area contributed by atoms with Gasteiger partial charge in [-0.15, -0.1) is 0 Å². The summed E-state index contributed by atoms with van der Waals surface area (Å²) in [4.78, 5) is 11.7. The second kappa shape index (κ2) is 6.93. The molecule has 0 heterocycles. The van der Waals surface area contributed by atoms with Crippen LogP contribution >= 0.6 is 0 Å². The Hall–Kier alpha value is -2.87. The molecule has 1 N–H and O–H groups in total. The molecule has 0 saturated heterocycles. The predicted octanol–water partition coefficient (Wildman–Crippen LogP) is 4.23. The highest BCUT2D eigenvalue weighted by atomic mass is 16.1. The van der Waals surface area contributed by atoms with Gasteiger partial charge in [-0.2, -0.15) is 0 Å². The van der Waals surface area contributed by atoms with Crippen LogP contribution in [0.2, 0.25) is 0 Å². The Morgan fingerprint density at radius 1 is 0.696 bits per heavy atom. The number of carbonyl (C=O) groups is 1. The lowest BCUT2D eigenvalue weighted by Gasteiger charge is -2.19. The van der Waals surface area contributed by atoms with Crippen molar-refractivity contribution in [3.8, 4) is 0 Å². The van der Waals surface area contributed by atoms with Gasteiger partial charge in [0.25, 0.3) is 5.91 Å². The van der Waals surface area contributed by atoms with Gasteiger partial charge in [-0.25, -0.2) is 0 Å². The van der Waals surface area contributed by atoms with Gasteiger partial charge in [0.2, 0.25) is 0 Å². The Morgan fingerprint density at radius 3 is 1.57 bits per heavy atom. The molecule has 0 fully saturated rings. The molecule has 0 aliphatic rings. The molecular weight excluding hydrogens is 282 g/mol. The normalized spacial score (nSPS) is 10.5. The maximum Gasteiger partial charge on any atom is 0.251 e. The van der Waals surface area contributed by atoms with Crippen molar-refractivity contribution >= 4 is 5.91 Å². The van der Waals surface area contributed by atoms with Gasteiger partial charge in [0.15, 0.2) is 0 Å². The summed E-state index contributed by atoms with van der Waals surface area (Å²) in [6.07, 6.45) is 0. The fraction of sp³-hybridized carbons (Fsp3) is 0.0952. The summed E-state index contributed by atoms with van der Waals surface area (Å²) in [5.41, 5.74) is 4.34. The molecule has 0 unspecified atom stereocenters. The van der Waals surface area contributed by atoms with Gasteiger partial charge in [-0.3, -0.25) is 4.79 Å². The summed E-state index contributed by atoms with van der Waals surface area (Å²) in [5, 5.41) is 2.65. The lowest BCUT2D eigenvalue weighted by Crippen LogP contribution is -2.17. The van der Waals surface area contributed by atoms with Crippen molar-refractivity contribution in [3.05, 3.63) is 107 Å². The summed E-state index contributed by atoms with van der Waals surface area (Å²) in [7, 11) is 1.65. The fourth-order valence-corrected chi connectivity index (χ4v) is 2.84. The van der Waals surface area contributed by atoms with Crippen LogP contribution in [-0.2, 0) is 0 Å². The van der Waals surface area contributed by atoms with Crippen LogP contribution in [0.5, 0.6) is 0 Å². The minimum atomic E-state index is -0.0625. The lowest BCUT2D eigenvalue weighted by atomic mass is 9.85. The van der Waals surface area contributed by atoms with E-state index in [4.69, 9.17) is 0 Å². The largest absolute Gasteiger partial charge is 0.355 e. The van der Waals surface area contributed by atoms with Crippen LogP contribution in [-0.4, -0.2) is 13.0 Å². The van der Waals surface area contributed by atoms with Gasteiger partial charge in [-0.05, 0) is 28.8 Å². The third-order valence-corrected chi connectivity index (χ3v) is 4.00. The molecule has 0 aliphatic heterocycles. The monoisotopic (exact) mass is 301 g/mol. The molecule has 2 heteroatoms. The predicted molar refractivity (Wildman–Crippen MR) is 93.7 cm³/mol. The van der Waals surface area contributed by atoms with E-state index in [9.17, 15) is 4.79 Å². The first-order valence-corrected chi connectivity index (χ1v) is 7.71. The topological polar surface area (TPSA) is 29.1 Å². The van der Waals surface area contributed by atoms with Crippen molar-refractivity contribution in [1.29, 1.82) is 0 Å².